The van der Waals surface area contributed by atoms with Crippen LogP contribution in [0.1, 0.15) is 28.7 Å². The standard InChI is InChI=1S/C14H16ClNO/c1-9-4-6-11(15)8-12(9)14(16-3)13-7-5-10(2)17-13/h4-8,14,16H,1-3H3. The van der Waals surface area contributed by atoms with Crippen molar-refractivity contribution in [3.8, 4) is 0 Å². The summed E-state index contributed by atoms with van der Waals surface area (Å²) in [5, 5.41) is 4.01. The zero-order chi connectivity index (χ0) is 12.4. The summed E-state index contributed by atoms with van der Waals surface area (Å²) in [6.07, 6.45) is 0. The van der Waals surface area contributed by atoms with Gasteiger partial charge in [0.2, 0.25) is 0 Å². The summed E-state index contributed by atoms with van der Waals surface area (Å²) in [6, 6.07) is 9.92. The van der Waals surface area contributed by atoms with Crippen LogP contribution in [0.5, 0.6) is 0 Å². The quantitative estimate of drug-likeness (QED) is 0.894. The van der Waals surface area contributed by atoms with E-state index < -0.39 is 0 Å². The zero-order valence-corrected chi connectivity index (χ0v) is 11.0. The normalized spacial score (nSPS) is 12.7. The molecular weight excluding hydrogens is 234 g/mol. The molecule has 3 heteroatoms. The topological polar surface area (TPSA) is 25.2 Å². The second kappa shape index (κ2) is 4.94. The van der Waals surface area contributed by atoms with Crippen LogP contribution in [0.3, 0.4) is 0 Å². The van der Waals surface area contributed by atoms with E-state index in [1.54, 1.807) is 0 Å². The SMILES string of the molecule is CNC(c1ccc(C)o1)c1cc(Cl)ccc1C. The maximum absolute atomic E-state index is 6.05. The molecule has 2 rings (SSSR count). The average Bonchev–Trinajstić information content (AvgIpc) is 2.71. The van der Waals surface area contributed by atoms with Crippen molar-refractivity contribution < 1.29 is 4.42 Å². The molecule has 0 bridgehead atoms. The molecule has 1 unspecified atom stereocenters. The first kappa shape index (κ1) is 12.2. The molecule has 1 heterocycles. The second-order valence-electron chi connectivity index (χ2n) is 4.17. The van der Waals surface area contributed by atoms with Gasteiger partial charge in [-0.25, -0.2) is 0 Å². The number of aryl methyl sites for hydroxylation is 2. The van der Waals surface area contributed by atoms with Gasteiger partial charge in [0.25, 0.3) is 0 Å². The Balaban J connectivity index is 2.45. The van der Waals surface area contributed by atoms with Gasteiger partial charge < -0.3 is 9.73 Å². The molecule has 0 aliphatic rings. The van der Waals surface area contributed by atoms with Crippen molar-refractivity contribution in [3.05, 3.63) is 58.0 Å². The highest BCUT2D eigenvalue weighted by Crippen LogP contribution is 2.28. The van der Waals surface area contributed by atoms with Gasteiger partial charge in [-0.1, -0.05) is 17.7 Å². The van der Waals surface area contributed by atoms with Gasteiger partial charge in [-0.15, -0.1) is 0 Å². The van der Waals surface area contributed by atoms with Crippen LogP contribution in [0.15, 0.2) is 34.7 Å². The number of rotatable bonds is 3. The number of halogens is 1. The summed E-state index contributed by atoms with van der Waals surface area (Å²) in [5.41, 5.74) is 2.34. The Bertz CT molecular complexity index is 519. The number of furan rings is 1. The lowest BCUT2D eigenvalue weighted by Gasteiger charge is -2.17. The predicted molar refractivity (Wildman–Crippen MR) is 70.5 cm³/mol. The van der Waals surface area contributed by atoms with Crippen molar-refractivity contribution in [1.82, 2.24) is 5.32 Å². The molecule has 0 aliphatic carbocycles. The highest BCUT2D eigenvalue weighted by molar-refractivity contribution is 6.30. The molecule has 0 saturated heterocycles. The first-order chi connectivity index (χ1) is 8.11. The minimum atomic E-state index is 0.0439. The van der Waals surface area contributed by atoms with Crippen LogP contribution in [-0.2, 0) is 0 Å². The van der Waals surface area contributed by atoms with Crippen LogP contribution in [0.25, 0.3) is 0 Å². The fraction of sp³-hybridized carbons (Fsp3) is 0.286. The van der Waals surface area contributed by atoms with Gasteiger partial charge in [0.15, 0.2) is 0 Å². The average molecular weight is 250 g/mol. The Hall–Kier alpha value is -1.25. The summed E-state index contributed by atoms with van der Waals surface area (Å²) >= 11 is 6.05. The van der Waals surface area contributed by atoms with Crippen molar-refractivity contribution >= 4 is 11.6 Å². The molecule has 90 valence electrons. The van der Waals surface area contributed by atoms with E-state index >= 15 is 0 Å². The maximum Gasteiger partial charge on any atom is 0.125 e. The summed E-state index contributed by atoms with van der Waals surface area (Å²) in [5.74, 6) is 1.83. The third-order valence-electron chi connectivity index (χ3n) is 2.89. The van der Waals surface area contributed by atoms with Gasteiger partial charge >= 0.3 is 0 Å². The minimum Gasteiger partial charge on any atom is -0.464 e. The van der Waals surface area contributed by atoms with Crippen LogP contribution >= 0.6 is 11.6 Å². The molecule has 0 fully saturated rings. The monoisotopic (exact) mass is 249 g/mol. The molecule has 0 spiro atoms. The van der Waals surface area contributed by atoms with Crippen molar-refractivity contribution in [2.24, 2.45) is 0 Å². The molecular formula is C14H16ClNO. The first-order valence-corrected chi connectivity index (χ1v) is 5.99. The highest BCUT2D eigenvalue weighted by atomic mass is 35.5. The Morgan fingerprint density at radius 1 is 1.18 bits per heavy atom. The Morgan fingerprint density at radius 2 is 1.94 bits per heavy atom. The maximum atomic E-state index is 6.05. The van der Waals surface area contributed by atoms with E-state index in [1.807, 2.05) is 44.3 Å². The van der Waals surface area contributed by atoms with E-state index in [2.05, 4.69) is 12.2 Å². The molecule has 17 heavy (non-hydrogen) atoms. The van der Waals surface area contributed by atoms with Crippen LogP contribution < -0.4 is 5.32 Å². The van der Waals surface area contributed by atoms with Gasteiger partial charge in [0.05, 0.1) is 6.04 Å². The number of hydrogen-bond donors (Lipinski definition) is 1. The van der Waals surface area contributed by atoms with E-state index in [4.69, 9.17) is 16.0 Å². The summed E-state index contributed by atoms with van der Waals surface area (Å²) in [6.45, 7) is 4.02. The van der Waals surface area contributed by atoms with Crippen LogP contribution in [0.4, 0.5) is 0 Å². The van der Waals surface area contributed by atoms with Gasteiger partial charge in [0.1, 0.15) is 11.5 Å². The molecule has 0 aliphatic heterocycles. The van der Waals surface area contributed by atoms with E-state index in [1.165, 1.54) is 5.56 Å². The van der Waals surface area contributed by atoms with Gasteiger partial charge in [-0.2, -0.15) is 0 Å². The fourth-order valence-corrected chi connectivity index (χ4v) is 2.16. The van der Waals surface area contributed by atoms with Crippen molar-refractivity contribution in [2.45, 2.75) is 19.9 Å². The lowest BCUT2D eigenvalue weighted by atomic mass is 9.99. The Labute approximate surface area is 107 Å². The third-order valence-corrected chi connectivity index (χ3v) is 3.12. The van der Waals surface area contributed by atoms with Crippen LogP contribution in [-0.4, -0.2) is 7.05 Å². The largest absolute Gasteiger partial charge is 0.464 e. The lowest BCUT2D eigenvalue weighted by Crippen LogP contribution is -2.18. The first-order valence-electron chi connectivity index (χ1n) is 5.61. The van der Waals surface area contributed by atoms with Gasteiger partial charge in [0, 0.05) is 5.02 Å². The van der Waals surface area contributed by atoms with Crippen LogP contribution in [0.2, 0.25) is 5.02 Å². The smallest absolute Gasteiger partial charge is 0.125 e. The molecule has 0 saturated carbocycles. The minimum absolute atomic E-state index is 0.0439. The fourth-order valence-electron chi connectivity index (χ4n) is 1.98. The summed E-state index contributed by atoms with van der Waals surface area (Å²) in [7, 11) is 1.92. The van der Waals surface area contributed by atoms with Crippen molar-refractivity contribution in [3.63, 3.8) is 0 Å². The molecule has 1 N–H and O–H groups in total. The zero-order valence-electron chi connectivity index (χ0n) is 10.3. The summed E-state index contributed by atoms with van der Waals surface area (Å²) in [4.78, 5) is 0. The molecule has 2 nitrogen and oxygen atoms in total. The van der Waals surface area contributed by atoms with E-state index in [-0.39, 0.29) is 6.04 Å². The summed E-state index contributed by atoms with van der Waals surface area (Å²) < 4.78 is 5.68. The van der Waals surface area contributed by atoms with Gasteiger partial charge in [-0.3, -0.25) is 0 Å². The molecule has 1 aromatic carbocycles. The van der Waals surface area contributed by atoms with E-state index in [0.29, 0.717) is 0 Å². The number of nitrogens with one attached hydrogen (secondary N) is 1. The molecule has 1 atom stereocenters. The Kier molecular flexibility index (Phi) is 3.55. The third kappa shape index (κ3) is 2.54. The highest BCUT2D eigenvalue weighted by Gasteiger charge is 2.17. The molecule has 0 amide bonds. The number of hydrogen-bond acceptors (Lipinski definition) is 2. The van der Waals surface area contributed by atoms with Gasteiger partial charge in [-0.05, 0) is 56.3 Å². The predicted octanol–water partition coefficient (Wildman–Crippen LogP) is 3.86. The van der Waals surface area contributed by atoms with Crippen molar-refractivity contribution in [2.75, 3.05) is 7.05 Å². The molecule has 1 aromatic heterocycles. The Morgan fingerprint density at radius 3 is 2.53 bits per heavy atom. The van der Waals surface area contributed by atoms with E-state index in [0.717, 1.165) is 22.1 Å². The van der Waals surface area contributed by atoms with Crippen LogP contribution in [0, 0.1) is 13.8 Å². The lowest BCUT2D eigenvalue weighted by molar-refractivity contribution is 0.443. The van der Waals surface area contributed by atoms with E-state index in [9.17, 15) is 0 Å². The molecule has 0 radical (unpaired) electrons. The molecule has 2 aromatic rings. The van der Waals surface area contributed by atoms with Crippen molar-refractivity contribution in [1.29, 1.82) is 0 Å². The number of benzene rings is 1. The second-order valence-corrected chi connectivity index (χ2v) is 4.61.